The molecular formula is C12H21BN2O2S. The molecule has 1 aliphatic heterocycles. The molecule has 1 heterocycles. The van der Waals surface area contributed by atoms with Crippen LogP contribution in [0.4, 0.5) is 0 Å². The maximum absolute atomic E-state index is 9.65. The molecule has 3 N–H and O–H groups in total. The number of nitrogens with one attached hydrogen (secondary N) is 2. The van der Waals surface area contributed by atoms with Crippen LogP contribution in [0.5, 0.6) is 0 Å². The van der Waals surface area contributed by atoms with E-state index in [1.165, 1.54) is 12.0 Å². The molecule has 0 radical (unpaired) electrons. The van der Waals surface area contributed by atoms with Crippen LogP contribution in [0.3, 0.4) is 0 Å². The van der Waals surface area contributed by atoms with Gasteiger partial charge in [0.1, 0.15) is 5.60 Å². The van der Waals surface area contributed by atoms with E-state index in [0.29, 0.717) is 11.8 Å². The van der Waals surface area contributed by atoms with Crippen molar-refractivity contribution in [3.8, 4) is 0 Å². The molecule has 1 unspecified atom stereocenters. The Bertz CT molecular complexity index is 333. The van der Waals surface area contributed by atoms with Crippen LogP contribution in [0, 0.1) is 5.41 Å². The minimum Gasteiger partial charge on any atom is -0.560 e. The van der Waals surface area contributed by atoms with E-state index in [1.54, 1.807) is 13.8 Å². The highest BCUT2D eigenvalue weighted by molar-refractivity contribution is 7.99. The van der Waals surface area contributed by atoms with Gasteiger partial charge in [-0.05, 0) is 37.7 Å². The first-order valence-corrected chi connectivity index (χ1v) is 7.17. The minimum absolute atomic E-state index is 0.249. The van der Waals surface area contributed by atoms with Gasteiger partial charge in [-0.15, -0.1) is 0 Å². The summed E-state index contributed by atoms with van der Waals surface area (Å²) in [5.74, 6) is 2.61. The third-order valence-corrected chi connectivity index (χ3v) is 3.88. The van der Waals surface area contributed by atoms with E-state index in [1.807, 2.05) is 18.0 Å². The molecule has 1 aliphatic rings. The molecule has 0 aliphatic carbocycles. The van der Waals surface area contributed by atoms with Crippen molar-refractivity contribution >= 4 is 25.5 Å². The smallest absolute Gasteiger partial charge is 0.376 e. The monoisotopic (exact) mass is 268 g/mol. The number of thioether (sulfide) groups is 1. The van der Waals surface area contributed by atoms with Crippen LogP contribution >= 0.6 is 11.8 Å². The van der Waals surface area contributed by atoms with E-state index in [9.17, 15) is 5.11 Å². The maximum atomic E-state index is 9.65. The number of rotatable bonds is 7. The first-order valence-electron chi connectivity index (χ1n) is 6.01. The summed E-state index contributed by atoms with van der Waals surface area (Å²) >= 11 is 1.94. The molecule has 1 atom stereocenters. The van der Waals surface area contributed by atoms with Crippen molar-refractivity contribution in [1.82, 2.24) is 5.32 Å². The highest BCUT2D eigenvalue weighted by Gasteiger charge is 2.19. The summed E-state index contributed by atoms with van der Waals surface area (Å²) in [6, 6.07) is 0.488. The molecule has 4 nitrogen and oxygen atoms in total. The first-order chi connectivity index (χ1) is 8.43. The highest BCUT2D eigenvalue weighted by Crippen LogP contribution is 2.17. The summed E-state index contributed by atoms with van der Waals surface area (Å²) in [5, 5.41) is 20.3. The second kappa shape index (κ2) is 6.90. The molecule has 0 aromatic carbocycles. The van der Waals surface area contributed by atoms with Gasteiger partial charge in [-0.1, -0.05) is 6.58 Å². The lowest BCUT2D eigenvalue weighted by molar-refractivity contribution is 0.0801. The Hall–Kier alpha value is -0.875. The van der Waals surface area contributed by atoms with E-state index in [2.05, 4.69) is 11.9 Å². The van der Waals surface area contributed by atoms with Crippen LogP contribution in [0.25, 0.3) is 0 Å². The zero-order valence-corrected chi connectivity index (χ0v) is 11.8. The molecule has 18 heavy (non-hydrogen) atoms. The van der Waals surface area contributed by atoms with Gasteiger partial charge in [0.05, 0.1) is 5.76 Å². The Kier molecular flexibility index (Phi) is 5.82. The molecule has 0 saturated carbocycles. The van der Waals surface area contributed by atoms with E-state index in [4.69, 9.17) is 10.1 Å². The summed E-state index contributed by atoms with van der Waals surface area (Å²) < 4.78 is 5.37. The molecule has 100 valence electrons. The van der Waals surface area contributed by atoms with Crippen molar-refractivity contribution in [2.75, 3.05) is 11.5 Å². The standard InChI is InChI=1S/C12H21BN2O2S/c1-9(12(2,3)16)17-13-10(6-14)7-15-11-4-5-18-8-11/h6-7,11,13-16H,1,4-5,8H2,2-3H3/b10-7+,14-6?. The lowest BCUT2D eigenvalue weighted by atomic mass is 9.88. The van der Waals surface area contributed by atoms with Crippen molar-refractivity contribution in [3.05, 3.63) is 24.0 Å². The third kappa shape index (κ3) is 5.18. The average molecular weight is 268 g/mol. The number of allylic oxidation sites excluding steroid dienone is 1. The molecule has 0 amide bonds. The predicted molar refractivity (Wildman–Crippen MR) is 79.4 cm³/mol. The molecule has 6 heteroatoms. The number of hydrogen-bond donors (Lipinski definition) is 3. The Morgan fingerprint density at radius 3 is 2.89 bits per heavy atom. The fourth-order valence-electron chi connectivity index (χ4n) is 1.36. The molecular weight excluding hydrogens is 247 g/mol. The van der Waals surface area contributed by atoms with Crippen molar-refractivity contribution < 1.29 is 9.76 Å². The van der Waals surface area contributed by atoms with Gasteiger partial charge in [0, 0.05) is 18.0 Å². The maximum Gasteiger partial charge on any atom is 0.376 e. The fraction of sp³-hybridized carbons (Fsp3) is 0.583. The van der Waals surface area contributed by atoms with Crippen LogP contribution < -0.4 is 5.32 Å². The van der Waals surface area contributed by atoms with E-state index >= 15 is 0 Å². The van der Waals surface area contributed by atoms with Crippen LogP contribution in [-0.4, -0.2) is 42.0 Å². The molecule has 0 aromatic rings. The normalized spacial score (nSPS) is 20.4. The summed E-state index contributed by atoms with van der Waals surface area (Å²) in [6.45, 7) is 6.92. The summed E-state index contributed by atoms with van der Waals surface area (Å²) in [4.78, 5) is 0. The van der Waals surface area contributed by atoms with Crippen LogP contribution in [0.2, 0.25) is 0 Å². The van der Waals surface area contributed by atoms with Gasteiger partial charge in [-0.25, -0.2) is 0 Å². The van der Waals surface area contributed by atoms with Gasteiger partial charge in [0.2, 0.25) is 0 Å². The zero-order chi connectivity index (χ0) is 13.6. The second-order valence-corrected chi connectivity index (χ2v) is 6.01. The molecule has 0 bridgehead atoms. The molecule has 1 rings (SSSR count). The summed E-state index contributed by atoms with van der Waals surface area (Å²) in [6.07, 6.45) is 4.23. The molecule has 1 saturated heterocycles. The van der Waals surface area contributed by atoms with Crippen molar-refractivity contribution in [2.24, 2.45) is 0 Å². The third-order valence-electron chi connectivity index (χ3n) is 2.71. The summed E-state index contributed by atoms with van der Waals surface area (Å²) in [5.41, 5.74) is -0.319. The van der Waals surface area contributed by atoms with Crippen molar-refractivity contribution in [3.63, 3.8) is 0 Å². The Morgan fingerprint density at radius 2 is 2.39 bits per heavy atom. The lowest BCUT2D eigenvalue weighted by Crippen LogP contribution is -2.26. The second-order valence-electron chi connectivity index (χ2n) is 4.86. The van der Waals surface area contributed by atoms with E-state index in [-0.39, 0.29) is 7.48 Å². The largest absolute Gasteiger partial charge is 0.560 e. The number of aliphatic hydroxyl groups is 1. The van der Waals surface area contributed by atoms with Crippen molar-refractivity contribution in [2.45, 2.75) is 31.9 Å². The average Bonchev–Trinajstić information content (AvgIpc) is 2.80. The number of hydrogen-bond acceptors (Lipinski definition) is 5. The van der Waals surface area contributed by atoms with Crippen LogP contribution in [0.1, 0.15) is 20.3 Å². The quantitative estimate of drug-likeness (QED) is 0.369. The Morgan fingerprint density at radius 1 is 1.67 bits per heavy atom. The molecule has 0 aromatic heterocycles. The van der Waals surface area contributed by atoms with Crippen molar-refractivity contribution in [1.29, 1.82) is 5.41 Å². The van der Waals surface area contributed by atoms with Gasteiger partial charge in [-0.2, -0.15) is 11.8 Å². The Balaban J connectivity index is 2.39. The lowest BCUT2D eigenvalue weighted by Gasteiger charge is -2.21. The van der Waals surface area contributed by atoms with E-state index < -0.39 is 5.60 Å². The van der Waals surface area contributed by atoms with Crippen LogP contribution in [-0.2, 0) is 4.65 Å². The SMILES string of the molecule is C=C(OB/C(C=N)=C/NC1CCSC1)C(C)(C)O. The minimum atomic E-state index is -1.05. The van der Waals surface area contributed by atoms with Gasteiger partial charge < -0.3 is 20.5 Å². The highest BCUT2D eigenvalue weighted by atomic mass is 32.2. The summed E-state index contributed by atoms with van der Waals surface area (Å²) in [7, 11) is 0.249. The van der Waals surface area contributed by atoms with Gasteiger partial charge in [0.15, 0.2) is 0 Å². The molecule has 1 fully saturated rings. The van der Waals surface area contributed by atoms with E-state index in [0.717, 1.165) is 17.6 Å². The predicted octanol–water partition coefficient (Wildman–Crippen LogP) is 1.23. The topological polar surface area (TPSA) is 65.3 Å². The van der Waals surface area contributed by atoms with Gasteiger partial charge >= 0.3 is 7.48 Å². The fourth-order valence-corrected chi connectivity index (χ4v) is 2.53. The Labute approximate surface area is 114 Å². The molecule has 0 spiro atoms. The van der Waals surface area contributed by atoms with Gasteiger partial charge in [-0.3, -0.25) is 0 Å². The van der Waals surface area contributed by atoms with Gasteiger partial charge in [0.25, 0.3) is 0 Å². The zero-order valence-electron chi connectivity index (χ0n) is 11.0. The first kappa shape index (κ1) is 15.2. The van der Waals surface area contributed by atoms with Crippen LogP contribution in [0.15, 0.2) is 24.0 Å².